The van der Waals surface area contributed by atoms with Crippen LogP contribution in [0.25, 0.3) is 0 Å². The van der Waals surface area contributed by atoms with Crippen molar-refractivity contribution < 1.29 is 14.8 Å². The molecule has 1 aliphatic carbocycles. The number of aldehydes is 1. The standard InChI is InChI=1S/C11H11NO4/c13-6-9-8-4-2-1-3-7(8)5-10(11(9)14)12(15)16/h5-6,14H,1-4H2. The number of nitrogens with zero attached hydrogens (tertiary/aromatic N) is 1. The van der Waals surface area contributed by atoms with Gasteiger partial charge in [-0.15, -0.1) is 0 Å². The molecule has 1 aliphatic rings. The molecule has 1 aromatic rings. The average Bonchev–Trinajstić information content (AvgIpc) is 2.28. The van der Waals surface area contributed by atoms with Crippen molar-refractivity contribution in [1.82, 2.24) is 0 Å². The molecule has 1 N–H and O–H groups in total. The van der Waals surface area contributed by atoms with Gasteiger partial charge >= 0.3 is 5.69 Å². The number of hydrogen-bond donors (Lipinski definition) is 1. The number of aryl methyl sites for hydroxylation is 1. The molecule has 0 fully saturated rings. The maximum absolute atomic E-state index is 10.9. The maximum Gasteiger partial charge on any atom is 0.311 e. The molecule has 0 atom stereocenters. The van der Waals surface area contributed by atoms with Gasteiger partial charge in [-0.3, -0.25) is 14.9 Å². The van der Waals surface area contributed by atoms with E-state index in [0.717, 1.165) is 30.4 Å². The minimum absolute atomic E-state index is 0.0869. The number of fused-ring (bicyclic) bond motifs is 1. The zero-order chi connectivity index (χ0) is 11.7. The first-order valence-corrected chi connectivity index (χ1v) is 5.12. The summed E-state index contributed by atoms with van der Waals surface area (Å²) >= 11 is 0. The minimum Gasteiger partial charge on any atom is -0.502 e. The van der Waals surface area contributed by atoms with E-state index in [0.29, 0.717) is 12.7 Å². The summed E-state index contributed by atoms with van der Waals surface area (Å²) in [6, 6.07) is 1.39. The zero-order valence-electron chi connectivity index (χ0n) is 8.60. The van der Waals surface area contributed by atoms with E-state index >= 15 is 0 Å². The van der Waals surface area contributed by atoms with Crippen molar-refractivity contribution in [3.8, 4) is 5.75 Å². The van der Waals surface area contributed by atoms with E-state index in [1.807, 2.05) is 0 Å². The number of hydrogen-bond acceptors (Lipinski definition) is 4. The fourth-order valence-corrected chi connectivity index (χ4v) is 2.18. The highest BCUT2D eigenvalue weighted by Gasteiger charge is 2.24. The summed E-state index contributed by atoms with van der Waals surface area (Å²) in [5, 5.41) is 20.3. The number of aromatic hydroxyl groups is 1. The number of rotatable bonds is 2. The fourth-order valence-electron chi connectivity index (χ4n) is 2.18. The molecular weight excluding hydrogens is 210 g/mol. The van der Waals surface area contributed by atoms with Gasteiger partial charge in [0.1, 0.15) is 0 Å². The Morgan fingerprint density at radius 3 is 2.69 bits per heavy atom. The smallest absolute Gasteiger partial charge is 0.311 e. The third-order valence-corrected chi connectivity index (χ3v) is 2.96. The van der Waals surface area contributed by atoms with Crippen LogP contribution in [0.4, 0.5) is 5.69 Å². The van der Waals surface area contributed by atoms with Gasteiger partial charge in [0, 0.05) is 6.07 Å². The van der Waals surface area contributed by atoms with Crippen LogP contribution in [0.2, 0.25) is 0 Å². The van der Waals surface area contributed by atoms with Crippen molar-refractivity contribution in [1.29, 1.82) is 0 Å². The van der Waals surface area contributed by atoms with Gasteiger partial charge in [0.15, 0.2) is 6.29 Å². The van der Waals surface area contributed by atoms with Crippen LogP contribution < -0.4 is 0 Å². The molecule has 16 heavy (non-hydrogen) atoms. The number of carbonyl (C=O) groups excluding carboxylic acids is 1. The molecule has 0 radical (unpaired) electrons. The Balaban J connectivity index is 2.69. The second-order valence-electron chi connectivity index (χ2n) is 3.88. The highest BCUT2D eigenvalue weighted by atomic mass is 16.6. The zero-order valence-corrected chi connectivity index (χ0v) is 8.60. The summed E-state index contributed by atoms with van der Waals surface area (Å²) in [5.41, 5.74) is 1.30. The van der Waals surface area contributed by atoms with Crippen LogP contribution >= 0.6 is 0 Å². The minimum atomic E-state index is -0.656. The SMILES string of the molecule is O=Cc1c(O)c([N+](=O)[O-])cc2c1CCCC2. The third-order valence-electron chi connectivity index (χ3n) is 2.96. The highest BCUT2D eigenvalue weighted by Crippen LogP contribution is 2.36. The molecule has 0 aliphatic heterocycles. The Morgan fingerprint density at radius 2 is 2.06 bits per heavy atom. The first-order valence-electron chi connectivity index (χ1n) is 5.12. The van der Waals surface area contributed by atoms with E-state index in [1.165, 1.54) is 6.07 Å². The largest absolute Gasteiger partial charge is 0.502 e. The van der Waals surface area contributed by atoms with Crippen molar-refractivity contribution in [2.75, 3.05) is 0 Å². The van der Waals surface area contributed by atoms with Crippen molar-refractivity contribution in [2.24, 2.45) is 0 Å². The summed E-state index contributed by atoms with van der Waals surface area (Å²) in [6.07, 6.45) is 3.86. The van der Waals surface area contributed by atoms with Gasteiger partial charge in [0.25, 0.3) is 0 Å². The van der Waals surface area contributed by atoms with Gasteiger partial charge in [0.05, 0.1) is 10.5 Å². The molecule has 0 saturated heterocycles. The molecule has 0 bridgehead atoms. The second kappa shape index (κ2) is 3.92. The Labute approximate surface area is 91.9 Å². The van der Waals surface area contributed by atoms with E-state index in [4.69, 9.17) is 0 Å². The molecule has 0 unspecified atom stereocenters. The van der Waals surface area contributed by atoms with Crippen LogP contribution in [0.15, 0.2) is 6.07 Å². The van der Waals surface area contributed by atoms with E-state index in [1.54, 1.807) is 0 Å². The normalized spacial score (nSPS) is 14.2. The van der Waals surface area contributed by atoms with Gasteiger partial charge in [-0.2, -0.15) is 0 Å². The fraction of sp³-hybridized carbons (Fsp3) is 0.364. The van der Waals surface area contributed by atoms with Crippen LogP contribution in [0.3, 0.4) is 0 Å². The molecule has 0 heterocycles. The monoisotopic (exact) mass is 221 g/mol. The Kier molecular flexibility index (Phi) is 2.60. The first-order chi connectivity index (χ1) is 7.65. The molecular formula is C11H11NO4. The lowest BCUT2D eigenvalue weighted by atomic mass is 9.87. The summed E-state index contributed by atoms with van der Waals surface area (Å²) in [4.78, 5) is 20.9. The molecule has 0 spiro atoms. The third kappa shape index (κ3) is 1.54. The molecule has 5 heteroatoms. The van der Waals surface area contributed by atoms with Gasteiger partial charge in [0.2, 0.25) is 5.75 Å². The lowest BCUT2D eigenvalue weighted by Gasteiger charge is -2.17. The second-order valence-corrected chi connectivity index (χ2v) is 3.88. The highest BCUT2D eigenvalue weighted by molar-refractivity contribution is 5.85. The molecule has 0 amide bonds. The Morgan fingerprint density at radius 1 is 1.38 bits per heavy atom. The van der Waals surface area contributed by atoms with E-state index in [9.17, 15) is 20.0 Å². The topological polar surface area (TPSA) is 80.4 Å². The van der Waals surface area contributed by atoms with Crippen molar-refractivity contribution >= 4 is 12.0 Å². The summed E-state index contributed by atoms with van der Waals surface area (Å²) in [7, 11) is 0. The van der Waals surface area contributed by atoms with Crippen LogP contribution in [-0.4, -0.2) is 16.3 Å². The van der Waals surface area contributed by atoms with E-state index < -0.39 is 10.7 Å². The van der Waals surface area contributed by atoms with Gasteiger partial charge in [-0.25, -0.2) is 0 Å². The predicted octanol–water partition coefficient (Wildman–Crippen LogP) is 1.99. The van der Waals surface area contributed by atoms with Gasteiger partial charge in [-0.1, -0.05) is 0 Å². The van der Waals surface area contributed by atoms with Crippen LogP contribution in [-0.2, 0) is 12.8 Å². The molecule has 0 saturated carbocycles. The van der Waals surface area contributed by atoms with Gasteiger partial charge < -0.3 is 5.11 Å². The van der Waals surface area contributed by atoms with Crippen molar-refractivity contribution in [3.05, 3.63) is 32.9 Å². The molecule has 1 aromatic carbocycles. The van der Waals surface area contributed by atoms with Crippen LogP contribution in [0.1, 0.15) is 34.3 Å². The molecule has 84 valence electrons. The molecule has 2 rings (SSSR count). The number of nitro benzene ring substituents is 1. The Hall–Kier alpha value is -1.91. The molecule has 0 aromatic heterocycles. The number of benzene rings is 1. The summed E-state index contributed by atoms with van der Waals surface area (Å²) < 4.78 is 0. The number of phenolic OH excluding ortho intramolecular Hbond substituents is 1. The number of nitro groups is 1. The number of carbonyl (C=O) groups is 1. The van der Waals surface area contributed by atoms with Crippen LogP contribution in [0, 0.1) is 10.1 Å². The lowest BCUT2D eigenvalue weighted by molar-refractivity contribution is -0.386. The van der Waals surface area contributed by atoms with E-state index in [2.05, 4.69) is 0 Å². The Bertz CT molecular complexity index is 468. The predicted molar refractivity (Wildman–Crippen MR) is 56.8 cm³/mol. The average molecular weight is 221 g/mol. The quantitative estimate of drug-likeness (QED) is 0.470. The van der Waals surface area contributed by atoms with Crippen molar-refractivity contribution in [2.45, 2.75) is 25.7 Å². The summed E-state index contributed by atoms with van der Waals surface area (Å²) in [5.74, 6) is -0.499. The van der Waals surface area contributed by atoms with E-state index in [-0.39, 0.29) is 11.3 Å². The van der Waals surface area contributed by atoms with Gasteiger partial charge in [-0.05, 0) is 36.8 Å². The first kappa shape index (κ1) is 10.6. The molecule has 5 nitrogen and oxygen atoms in total. The summed E-state index contributed by atoms with van der Waals surface area (Å²) in [6.45, 7) is 0. The maximum atomic E-state index is 10.9. The lowest BCUT2D eigenvalue weighted by Crippen LogP contribution is -2.08. The van der Waals surface area contributed by atoms with Crippen LogP contribution in [0.5, 0.6) is 5.75 Å². The number of phenols is 1. The van der Waals surface area contributed by atoms with Crippen molar-refractivity contribution in [3.63, 3.8) is 0 Å².